The molecule has 0 bridgehead atoms. The predicted molar refractivity (Wildman–Crippen MR) is 144 cm³/mol. The summed E-state index contributed by atoms with van der Waals surface area (Å²) in [7, 11) is 4.02. The van der Waals surface area contributed by atoms with Crippen molar-refractivity contribution in [2.24, 2.45) is 0 Å². The van der Waals surface area contributed by atoms with Crippen molar-refractivity contribution in [3.63, 3.8) is 0 Å². The molecule has 5 aromatic rings. The molecule has 0 unspecified atom stereocenters. The van der Waals surface area contributed by atoms with Gasteiger partial charge in [0, 0.05) is 43.2 Å². The molecule has 2 N–H and O–H groups in total. The number of aromatic nitrogens is 2. The number of aryl methyl sites for hydroxylation is 1. The number of nitrogens with zero attached hydrogens (tertiary/aromatic N) is 3. The van der Waals surface area contributed by atoms with E-state index in [1.165, 1.54) is 0 Å². The highest BCUT2D eigenvalue weighted by Gasteiger charge is 2.26. The van der Waals surface area contributed by atoms with E-state index in [-0.39, 0.29) is 5.91 Å². The van der Waals surface area contributed by atoms with Gasteiger partial charge in [-0.3, -0.25) is 9.36 Å². The first-order valence-electron chi connectivity index (χ1n) is 11.7. The van der Waals surface area contributed by atoms with Gasteiger partial charge in [0.2, 0.25) is 0 Å². The van der Waals surface area contributed by atoms with Gasteiger partial charge in [0.05, 0.1) is 11.4 Å². The Morgan fingerprint density at radius 3 is 2.42 bits per heavy atom. The van der Waals surface area contributed by atoms with Crippen molar-refractivity contribution in [2.75, 3.05) is 29.6 Å². The van der Waals surface area contributed by atoms with Crippen LogP contribution in [0.4, 0.5) is 22.7 Å². The third-order valence-corrected chi connectivity index (χ3v) is 6.36. The molecule has 0 spiro atoms. The van der Waals surface area contributed by atoms with Crippen molar-refractivity contribution in [3.8, 4) is 17.2 Å². The number of nitrogens with one attached hydrogen (secondary N) is 2. The number of para-hydroxylation sites is 1. The van der Waals surface area contributed by atoms with Crippen LogP contribution in [0.3, 0.4) is 0 Å². The van der Waals surface area contributed by atoms with E-state index in [0.29, 0.717) is 22.5 Å². The number of ether oxygens (including phenoxy) is 1. The molecule has 0 fully saturated rings. The molecular weight excluding hydrogens is 450 g/mol. The summed E-state index contributed by atoms with van der Waals surface area (Å²) in [4.78, 5) is 19.8. The van der Waals surface area contributed by atoms with E-state index >= 15 is 0 Å². The van der Waals surface area contributed by atoms with Gasteiger partial charge in [-0.15, -0.1) is 0 Å². The second-order valence-corrected chi connectivity index (χ2v) is 9.02. The van der Waals surface area contributed by atoms with Crippen molar-refractivity contribution >= 4 is 39.7 Å². The molecule has 6 rings (SSSR count). The maximum Gasteiger partial charge on any atom is 0.255 e. The van der Waals surface area contributed by atoms with Gasteiger partial charge in [-0.05, 0) is 42.8 Å². The minimum atomic E-state index is -0.208. The number of hydrogen-bond acceptors (Lipinski definition) is 5. The summed E-state index contributed by atoms with van der Waals surface area (Å²) < 4.78 is 8.45. The fourth-order valence-electron chi connectivity index (χ4n) is 4.63. The number of fused-ring (bicyclic) bond motifs is 4. The third kappa shape index (κ3) is 3.62. The van der Waals surface area contributed by atoms with Gasteiger partial charge in [-0.2, -0.15) is 0 Å². The Morgan fingerprint density at radius 1 is 0.972 bits per heavy atom. The Balaban J connectivity index is 1.53. The summed E-state index contributed by atoms with van der Waals surface area (Å²) in [6, 6.07) is 25.1. The second kappa shape index (κ2) is 8.46. The van der Waals surface area contributed by atoms with E-state index in [1.54, 1.807) is 18.5 Å². The number of anilines is 4. The highest BCUT2D eigenvalue weighted by Crippen LogP contribution is 2.49. The maximum absolute atomic E-state index is 13.1. The number of rotatable bonds is 4. The zero-order chi connectivity index (χ0) is 24.8. The molecule has 7 nitrogen and oxygen atoms in total. The van der Waals surface area contributed by atoms with Crippen LogP contribution in [-0.2, 0) is 0 Å². The summed E-state index contributed by atoms with van der Waals surface area (Å²) in [5.41, 5.74) is 7.50. The average molecular weight is 476 g/mol. The lowest BCUT2D eigenvalue weighted by molar-refractivity contribution is 0.102. The van der Waals surface area contributed by atoms with Crippen LogP contribution in [-0.4, -0.2) is 29.6 Å². The number of amides is 1. The number of benzene rings is 4. The fourth-order valence-corrected chi connectivity index (χ4v) is 4.63. The molecule has 1 aromatic heterocycles. The number of imidazole rings is 1. The summed E-state index contributed by atoms with van der Waals surface area (Å²) in [5.74, 6) is 1.13. The standard InChI is InChI=1S/C29H25N5O2/c1-18-14-21-24(16-23(18)33(2)3)36-25-15-22(32-29(35)19-10-6-4-7-11-19)26-28(27(25)31-21)34(17-30-26)20-12-8-5-9-13-20/h4-17,31H,1-3H3,(H,32,35). The topological polar surface area (TPSA) is 71.4 Å². The van der Waals surface area contributed by atoms with Gasteiger partial charge < -0.3 is 20.3 Å². The number of hydrogen-bond donors (Lipinski definition) is 2. The Labute approximate surface area is 209 Å². The molecule has 1 amide bonds. The lowest BCUT2D eigenvalue weighted by atomic mass is 10.1. The molecule has 2 heterocycles. The average Bonchev–Trinajstić information content (AvgIpc) is 3.34. The van der Waals surface area contributed by atoms with E-state index in [9.17, 15) is 4.79 Å². The SMILES string of the molecule is Cc1cc2c(cc1N(C)C)Oc1cc(NC(=O)c3ccccc3)c3ncn(-c4ccccc4)c3c1N2. The molecule has 178 valence electrons. The van der Waals surface area contributed by atoms with Crippen LogP contribution in [0.15, 0.2) is 85.2 Å². The first-order chi connectivity index (χ1) is 17.5. The highest BCUT2D eigenvalue weighted by atomic mass is 16.5. The molecular formula is C29H25N5O2. The maximum atomic E-state index is 13.1. The Hall–Kier alpha value is -4.78. The normalized spacial score (nSPS) is 11.8. The summed E-state index contributed by atoms with van der Waals surface area (Å²) >= 11 is 0. The van der Waals surface area contributed by atoms with E-state index in [1.807, 2.05) is 79.3 Å². The van der Waals surface area contributed by atoms with Crippen molar-refractivity contribution in [1.82, 2.24) is 9.55 Å². The van der Waals surface area contributed by atoms with E-state index in [0.717, 1.165) is 39.6 Å². The fraction of sp³-hybridized carbons (Fsp3) is 0.103. The van der Waals surface area contributed by atoms with Gasteiger partial charge in [0.15, 0.2) is 11.5 Å². The van der Waals surface area contributed by atoms with Gasteiger partial charge in [-0.1, -0.05) is 36.4 Å². The Bertz CT molecular complexity index is 1610. The van der Waals surface area contributed by atoms with E-state index in [2.05, 4.69) is 28.5 Å². The molecule has 0 saturated carbocycles. The molecule has 4 aromatic carbocycles. The van der Waals surface area contributed by atoms with Crippen molar-refractivity contribution in [2.45, 2.75) is 6.92 Å². The molecule has 0 atom stereocenters. The highest BCUT2D eigenvalue weighted by molar-refractivity contribution is 6.11. The molecule has 1 aliphatic rings. The monoisotopic (exact) mass is 475 g/mol. The molecule has 0 saturated heterocycles. The van der Waals surface area contributed by atoms with Crippen LogP contribution in [0.5, 0.6) is 11.5 Å². The zero-order valence-corrected chi connectivity index (χ0v) is 20.2. The van der Waals surface area contributed by atoms with Crippen LogP contribution in [0.1, 0.15) is 15.9 Å². The lowest BCUT2D eigenvalue weighted by Crippen LogP contribution is -2.14. The van der Waals surface area contributed by atoms with E-state index < -0.39 is 0 Å². The van der Waals surface area contributed by atoms with Gasteiger partial charge in [-0.25, -0.2) is 4.98 Å². The molecule has 36 heavy (non-hydrogen) atoms. The molecule has 7 heteroatoms. The van der Waals surface area contributed by atoms with Crippen molar-refractivity contribution < 1.29 is 9.53 Å². The van der Waals surface area contributed by atoms with Gasteiger partial charge in [0.1, 0.15) is 23.0 Å². The Kier molecular flexibility index (Phi) is 5.11. The van der Waals surface area contributed by atoms with Crippen molar-refractivity contribution in [1.29, 1.82) is 0 Å². The van der Waals surface area contributed by atoms with Crippen LogP contribution >= 0.6 is 0 Å². The van der Waals surface area contributed by atoms with E-state index in [4.69, 9.17) is 9.72 Å². The van der Waals surface area contributed by atoms with Crippen LogP contribution in [0.25, 0.3) is 16.7 Å². The second-order valence-electron chi connectivity index (χ2n) is 9.02. The van der Waals surface area contributed by atoms with Gasteiger partial charge in [0.25, 0.3) is 5.91 Å². The molecule has 0 radical (unpaired) electrons. The van der Waals surface area contributed by atoms with Crippen LogP contribution < -0.4 is 20.3 Å². The van der Waals surface area contributed by atoms with Crippen molar-refractivity contribution in [3.05, 3.63) is 96.3 Å². The van der Waals surface area contributed by atoms with Gasteiger partial charge >= 0.3 is 0 Å². The zero-order valence-electron chi connectivity index (χ0n) is 20.2. The van der Waals surface area contributed by atoms with Crippen LogP contribution in [0, 0.1) is 6.92 Å². The number of carbonyl (C=O) groups is 1. The van der Waals surface area contributed by atoms with Crippen LogP contribution in [0.2, 0.25) is 0 Å². The smallest absolute Gasteiger partial charge is 0.255 e. The first kappa shape index (κ1) is 21.7. The third-order valence-electron chi connectivity index (χ3n) is 6.36. The molecule has 1 aliphatic heterocycles. The summed E-state index contributed by atoms with van der Waals surface area (Å²) in [6.45, 7) is 2.08. The Morgan fingerprint density at radius 2 is 1.69 bits per heavy atom. The largest absolute Gasteiger partial charge is 0.453 e. The summed E-state index contributed by atoms with van der Waals surface area (Å²) in [5, 5.41) is 6.63. The predicted octanol–water partition coefficient (Wildman–Crippen LogP) is 6.50. The quantitative estimate of drug-likeness (QED) is 0.304. The summed E-state index contributed by atoms with van der Waals surface area (Å²) in [6.07, 6.45) is 1.77. The minimum absolute atomic E-state index is 0.208. The number of carbonyl (C=O) groups excluding carboxylic acids is 1. The molecule has 0 aliphatic carbocycles. The first-order valence-corrected chi connectivity index (χ1v) is 11.7. The minimum Gasteiger partial charge on any atom is -0.453 e. The lowest BCUT2D eigenvalue weighted by Gasteiger charge is -2.26.